The number of nitrogens with two attached hydrogens (primary N) is 2. The summed E-state index contributed by atoms with van der Waals surface area (Å²) in [6.45, 7) is 1.85. The number of rotatable bonds is 9. The minimum atomic E-state index is -4.64. The van der Waals surface area contributed by atoms with Gasteiger partial charge in [0.15, 0.2) is 0 Å². The van der Waals surface area contributed by atoms with Gasteiger partial charge in [-0.1, -0.05) is 17.3 Å². The summed E-state index contributed by atoms with van der Waals surface area (Å²) < 4.78 is 52.8. The Labute approximate surface area is 263 Å². The number of hydrogen-bond donors (Lipinski definition) is 3. The molecule has 10 nitrogen and oxygen atoms in total. The Morgan fingerprint density at radius 3 is 2.64 bits per heavy atom. The van der Waals surface area contributed by atoms with Crippen LogP contribution < -0.4 is 26.6 Å². The van der Waals surface area contributed by atoms with Gasteiger partial charge in [0.2, 0.25) is 0 Å². The van der Waals surface area contributed by atoms with Crippen molar-refractivity contribution in [1.29, 1.82) is 0 Å². The molecular weight excluding hydrogens is 611 g/mol. The van der Waals surface area contributed by atoms with Crippen molar-refractivity contribution in [1.82, 2.24) is 9.80 Å². The van der Waals surface area contributed by atoms with Crippen LogP contribution in [0.15, 0.2) is 76.6 Å². The van der Waals surface area contributed by atoms with E-state index in [1.54, 1.807) is 6.08 Å². The molecule has 14 heteroatoms. The monoisotopic (exact) mass is 643 g/mol. The molecule has 3 aliphatic heterocycles. The van der Waals surface area contributed by atoms with Gasteiger partial charge in [-0.15, -0.1) is 0 Å². The van der Waals surface area contributed by atoms with Crippen LogP contribution in [0, 0.1) is 0 Å². The van der Waals surface area contributed by atoms with Crippen LogP contribution in [0.5, 0.6) is 5.75 Å². The Morgan fingerprint density at radius 2 is 2.00 bits per heavy atom. The molecule has 2 atom stereocenters. The first-order valence-electron chi connectivity index (χ1n) is 14.0. The van der Waals surface area contributed by atoms with Crippen LogP contribution in [0.2, 0.25) is 5.02 Å². The first-order valence-corrected chi connectivity index (χ1v) is 14.3. The number of allylic oxidation sites excluding steroid dienone is 2. The van der Waals surface area contributed by atoms with Crippen LogP contribution in [-0.4, -0.2) is 68.4 Å². The molecule has 2 saturated heterocycles. The zero-order valence-electron chi connectivity index (χ0n) is 24.9. The number of benzene rings is 2. The Morgan fingerprint density at radius 1 is 1.22 bits per heavy atom. The molecule has 45 heavy (non-hydrogen) atoms. The number of amides is 1. The number of piperazine rings is 1. The third-order valence-electron chi connectivity index (χ3n) is 8.04. The smallest absolute Gasteiger partial charge is 0.416 e. The molecule has 0 aliphatic carbocycles. The lowest BCUT2D eigenvalue weighted by Crippen LogP contribution is -2.44. The number of methoxy groups -OCH3 is 2. The third-order valence-corrected chi connectivity index (χ3v) is 8.36. The maximum Gasteiger partial charge on any atom is 0.416 e. The molecule has 2 aromatic rings. The standard InChI is InChI=1S/C31H33ClF3N7O3/c1-40-15-23-12-22(40)16-41(23)14-20-8-21(31(33,34)35)11-27(29(20)45-3)39-30(43)19-4-5-25(32)28(10-19)42(37)17-26(36)18-6-7-38-13-24(9-18)44-2/h4-5,7-11,13,17,22-23H,12,14-16,36-37H2,1-3H3,(H,39,43)/b26-17-. The minimum Gasteiger partial charge on any atom is -0.495 e. The maximum atomic E-state index is 14.0. The summed E-state index contributed by atoms with van der Waals surface area (Å²) in [5, 5.41) is 3.93. The van der Waals surface area contributed by atoms with Gasteiger partial charge in [-0.25, -0.2) is 5.84 Å². The van der Waals surface area contributed by atoms with Gasteiger partial charge in [0.1, 0.15) is 11.5 Å². The molecule has 5 rings (SSSR count). The molecule has 0 aromatic heterocycles. The fraction of sp³-hybridized carbons (Fsp3) is 0.323. The fourth-order valence-corrected chi connectivity index (χ4v) is 5.93. The predicted molar refractivity (Wildman–Crippen MR) is 167 cm³/mol. The van der Waals surface area contributed by atoms with E-state index in [4.69, 9.17) is 32.7 Å². The number of carbonyl (C=O) groups is 1. The lowest BCUT2D eigenvalue weighted by atomic mass is 10.0. The van der Waals surface area contributed by atoms with Crippen molar-refractivity contribution in [2.24, 2.45) is 16.6 Å². The van der Waals surface area contributed by atoms with Gasteiger partial charge in [-0.3, -0.25) is 19.7 Å². The van der Waals surface area contributed by atoms with E-state index in [0.29, 0.717) is 22.9 Å². The van der Waals surface area contributed by atoms with Crippen molar-refractivity contribution < 1.29 is 27.4 Å². The number of fused-ring (bicyclic) bond motifs is 2. The first kappa shape index (κ1) is 32.1. The second-order valence-electron chi connectivity index (χ2n) is 11.0. The van der Waals surface area contributed by atoms with Crippen LogP contribution >= 0.6 is 11.6 Å². The molecule has 3 heterocycles. The lowest BCUT2D eigenvalue weighted by molar-refractivity contribution is -0.137. The summed E-state index contributed by atoms with van der Waals surface area (Å²) in [4.78, 5) is 21.9. The molecule has 0 radical (unpaired) electrons. The van der Waals surface area contributed by atoms with Gasteiger partial charge in [0.25, 0.3) is 5.91 Å². The second kappa shape index (κ2) is 13.0. The molecule has 3 aliphatic rings. The summed E-state index contributed by atoms with van der Waals surface area (Å²) in [5.74, 6) is 6.16. The Bertz CT molecular complexity index is 1650. The summed E-state index contributed by atoms with van der Waals surface area (Å²) in [6, 6.07) is 6.85. The minimum absolute atomic E-state index is 0.0845. The number of likely N-dealkylation sites (tertiary alicyclic amines) is 2. The number of nitrogens with zero attached hydrogens (tertiary/aromatic N) is 4. The van der Waals surface area contributed by atoms with Crippen molar-refractivity contribution in [3.63, 3.8) is 0 Å². The van der Waals surface area contributed by atoms with Gasteiger partial charge < -0.3 is 25.4 Å². The molecule has 2 fully saturated rings. The van der Waals surface area contributed by atoms with Crippen molar-refractivity contribution in [2.75, 3.05) is 44.7 Å². The molecule has 0 saturated carbocycles. The van der Waals surface area contributed by atoms with Gasteiger partial charge in [-0.2, -0.15) is 13.2 Å². The summed E-state index contributed by atoms with van der Waals surface area (Å²) >= 11 is 6.40. The molecule has 238 valence electrons. The zero-order valence-corrected chi connectivity index (χ0v) is 25.6. The average Bonchev–Trinajstić information content (AvgIpc) is 3.45. The number of carbonyl (C=O) groups excluding carboxylic acids is 1. The Hall–Kier alpha value is -4.26. The number of alkyl halides is 3. The molecule has 2 unspecified atom stereocenters. The lowest BCUT2D eigenvalue weighted by Gasteiger charge is -2.32. The second-order valence-corrected chi connectivity index (χ2v) is 11.4. The van der Waals surface area contributed by atoms with E-state index in [1.807, 2.05) is 0 Å². The average molecular weight is 644 g/mol. The molecular formula is C31H33ClF3N7O3. The number of halogens is 4. The van der Waals surface area contributed by atoms with Gasteiger partial charge >= 0.3 is 6.18 Å². The van der Waals surface area contributed by atoms with E-state index < -0.39 is 17.6 Å². The summed E-state index contributed by atoms with van der Waals surface area (Å²) in [6.07, 6.45) is 2.22. The molecule has 2 bridgehead atoms. The number of hydrogen-bond acceptors (Lipinski definition) is 9. The van der Waals surface area contributed by atoms with Crippen LogP contribution in [-0.2, 0) is 17.5 Å². The van der Waals surface area contributed by atoms with E-state index in [-0.39, 0.29) is 46.0 Å². The topological polar surface area (TPSA) is 122 Å². The van der Waals surface area contributed by atoms with Crippen molar-refractivity contribution in [2.45, 2.75) is 31.2 Å². The number of anilines is 2. The maximum absolute atomic E-state index is 14.0. The third kappa shape index (κ3) is 7.03. The van der Waals surface area contributed by atoms with Gasteiger partial charge in [0, 0.05) is 54.6 Å². The van der Waals surface area contributed by atoms with Crippen molar-refractivity contribution in [3.05, 3.63) is 93.3 Å². The largest absolute Gasteiger partial charge is 0.495 e. The Balaban J connectivity index is 1.41. The number of likely N-dealkylation sites (N-methyl/N-ethyl adjacent to an activating group) is 1. The summed E-state index contributed by atoms with van der Waals surface area (Å²) in [5.41, 5.74) is 9.41. The molecule has 5 N–H and O–H groups in total. The normalized spacial score (nSPS) is 20.1. The first-order chi connectivity index (χ1) is 21.4. The number of hydrazine groups is 1. The van der Waals surface area contributed by atoms with Crippen molar-refractivity contribution >= 4 is 35.1 Å². The fourth-order valence-electron chi connectivity index (χ4n) is 5.72. The van der Waals surface area contributed by atoms with Crippen LogP contribution in [0.1, 0.15) is 27.9 Å². The summed E-state index contributed by atoms with van der Waals surface area (Å²) in [7, 11) is 4.90. The highest BCUT2D eigenvalue weighted by atomic mass is 35.5. The number of ether oxygens (including phenoxy) is 2. The van der Waals surface area contributed by atoms with E-state index in [2.05, 4.69) is 32.9 Å². The van der Waals surface area contributed by atoms with Gasteiger partial charge in [-0.05, 0) is 49.9 Å². The van der Waals surface area contributed by atoms with E-state index >= 15 is 0 Å². The van der Waals surface area contributed by atoms with Crippen LogP contribution in [0.4, 0.5) is 24.5 Å². The number of aliphatic imine (C=N–C) groups is 1. The highest BCUT2D eigenvalue weighted by Crippen LogP contribution is 2.40. The number of nitrogens with one attached hydrogen (secondary N) is 1. The van der Waals surface area contributed by atoms with E-state index in [9.17, 15) is 18.0 Å². The molecule has 2 aromatic carbocycles. The van der Waals surface area contributed by atoms with E-state index in [1.165, 1.54) is 51.0 Å². The highest BCUT2D eigenvalue weighted by Gasteiger charge is 2.42. The van der Waals surface area contributed by atoms with Crippen LogP contribution in [0.3, 0.4) is 0 Å². The van der Waals surface area contributed by atoms with Gasteiger partial charge in [0.05, 0.1) is 54.3 Å². The quantitative estimate of drug-likeness (QED) is 0.205. The predicted octanol–water partition coefficient (Wildman–Crippen LogP) is 4.64. The highest BCUT2D eigenvalue weighted by molar-refractivity contribution is 6.33. The zero-order chi connectivity index (χ0) is 32.5. The van der Waals surface area contributed by atoms with E-state index in [0.717, 1.165) is 36.7 Å². The van der Waals surface area contributed by atoms with Crippen molar-refractivity contribution in [3.8, 4) is 5.75 Å². The SMILES string of the molecule is COC1=CC(/C(N)=C/N(N)c2cc(C(=O)Nc3cc(C(F)(F)F)cc(CN4CC5CC4CN5C)c3OC)ccc2Cl)=C=CN=C1. The molecule has 0 spiro atoms. The molecule has 1 amide bonds. The Kier molecular flexibility index (Phi) is 9.28. The van der Waals surface area contributed by atoms with Crippen LogP contribution in [0.25, 0.3) is 0 Å².